The Labute approximate surface area is 153 Å². The van der Waals surface area contributed by atoms with E-state index < -0.39 is 23.7 Å². The van der Waals surface area contributed by atoms with E-state index in [2.05, 4.69) is 20.8 Å². The number of nitrogens with one attached hydrogen (secondary N) is 3. The second-order valence-corrected chi connectivity index (χ2v) is 6.01. The first-order chi connectivity index (χ1) is 13.1. The lowest BCUT2D eigenvalue weighted by molar-refractivity contribution is -0.117. The second-order valence-electron chi connectivity index (χ2n) is 6.01. The van der Waals surface area contributed by atoms with Crippen LogP contribution < -0.4 is 15.4 Å². The maximum Gasteiger partial charge on any atom is 0.272 e. The second kappa shape index (κ2) is 6.91. The first kappa shape index (κ1) is 16.8. The summed E-state index contributed by atoms with van der Waals surface area (Å²) in [4.78, 5) is 24.5. The van der Waals surface area contributed by atoms with E-state index in [-0.39, 0.29) is 12.3 Å². The van der Waals surface area contributed by atoms with Crippen molar-refractivity contribution in [2.75, 3.05) is 5.32 Å². The molecule has 3 aromatic rings. The molecule has 1 atom stereocenters. The number of rotatable bonds is 5. The van der Waals surface area contributed by atoms with E-state index in [1.54, 1.807) is 6.07 Å². The Morgan fingerprint density at radius 3 is 2.81 bits per heavy atom. The molecular weight excluding hydrogens is 351 g/mol. The van der Waals surface area contributed by atoms with Crippen molar-refractivity contribution in [1.29, 1.82) is 0 Å². The van der Waals surface area contributed by atoms with Crippen molar-refractivity contribution in [2.45, 2.75) is 12.6 Å². The number of carbonyl (C=O) groups excluding carboxylic acids is 2. The van der Waals surface area contributed by atoms with Crippen molar-refractivity contribution in [3.63, 3.8) is 0 Å². The Morgan fingerprint density at radius 1 is 1.19 bits per heavy atom. The Hall–Kier alpha value is -3.68. The van der Waals surface area contributed by atoms with E-state index in [1.165, 1.54) is 18.2 Å². The molecular formula is C19H15FN4O3. The molecule has 136 valence electrons. The molecule has 0 fully saturated rings. The topological polar surface area (TPSA) is 96.1 Å². The summed E-state index contributed by atoms with van der Waals surface area (Å²) in [7, 11) is 0. The fraction of sp³-hybridized carbons (Fsp3) is 0.105. The lowest BCUT2D eigenvalue weighted by Gasteiger charge is -2.10. The summed E-state index contributed by atoms with van der Waals surface area (Å²) < 4.78 is 18.9. The van der Waals surface area contributed by atoms with Crippen molar-refractivity contribution in [3.8, 4) is 5.75 Å². The van der Waals surface area contributed by atoms with Crippen molar-refractivity contribution >= 4 is 17.5 Å². The van der Waals surface area contributed by atoms with E-state index in [9.17, 15) is 14.0 Å². The third kappa shape index (κ3) is 3.50. The zero-order chi connectivity index (χ0) is 18.8. The molecule has 3 N–H and O–H groups in total. The van der Waals surface area contributed by atoms with Crippen molar-refractivity contribution in [2.24, 2.45) is 0 Å². The molecule has 2 amide bonds. The van der Waals surface area contributed by atoms with Crippen LogP contribution >= 0.6 is 0 Å². The van der Waals surface area contributed by atoms with Crippen LogP contribution in [0.15, 0.2) is 54.6 Å². The quantitative estimate of drug-likeness (QED) is 0.647. The van der Waals surface area contributed by atoms with Gasteiger partial charge in [0.25, 0.3) is 11.8 Å². The fourth-order valence-electron chi connectivity index (χ4n) is 2.81. The average molecular weight is 366 g/mol. The molecule has 2 aromatic carbocycles. The van der Waals surface area contributed by atoms with Gasteiger partial charge in [0, 0.05) is 11.3 Å². The summed E-state index contributed by atoms with van der Waals surface area (Å²) in [6.07, 6.45) is 0. The van der Waals surface area contributed by atoms with Gasteiger partial charge < -0.3 is 15.4 Å². The van der Waals surface area contributed by atoms with E-state index >= 15 is 0 Å². The molecule has 7 nitrogen and oxygen atoms in total. The maximum atomic E-state index is 13.3. The van der Waals surface area contributed by atoms with Gasteiger partial charge in [0.2, 0.25) is 0 Å². The highest BCUT2D eigenvalue weighted by molar-refractivity contribution is 6.05. The SMILES string of the molecule is O=C(N[C@@H]1C(=O)Nc2cc(F)ccc21)c1cc(COc2ccccc2)[nH]n1. The Bertz CT molecular complexity index is 1000. The molecule has 1 aromatic heterocycles. The smallest absolute Gasteiger partial charge is 0.272 e. The van der Waals surface area contributed by atoms with Gasteiger partial charge >= 0.3 is 0 Å². The molecule has 0 spiro atoms. The molecule has 0 bridgehead atoms. The number of carbonyl (C=O) groups is 2. The normalized spacial score (nSPS) is 15.1. The fourth-order valence-corrected chi connectivity index (χ4v) is 2.81. The average Bonchev–Trinajstić information content (AvgIpc) is 3.25. The van der Waals surface area contributed by atoms with Crippen LogP contribution in [0.1, 0.15) is 27.8 Å². The summed E-state index contributed by atoms with van der Waals surface area (Å²) in [5, 5.41) is 11.8. The molecule has 2 heterocycles. The molecule has 1 aliphatic heterocycles. The predicted molar refractivity (Wildman–Crippen MR) is 94.6 cm³/mol. The lowest BCUT2D eigenvalue weighted by atomic mass is 10.1. The standard InChI is InChI=1S/C19H15FN4O3/c20-11-6-7-14-15(8-11)21-19(26)17(14)22-18(25)16-9-12(23-24-16)10-27-13-4-2-1-3-5-13/h1-9,17H,10H2,(H,21,26)(H,22,25)(H,23,24)/t17-/m0/s1. The number of amides is 2. The third-order valence-corrected chi connectivity index (χ3v) is 4.12. The lowest BCUT2D eigenvalue weighted by Crippen LogP contribution is -2.33. The van der Waals surface area contributed by atoms with Crippen molar-refractivity contribution in [3.05, 3.63) is 77.4 Å². The first-order valence-corrected chi connectivity index (χ1v) is 8.23. The number of anilines is 1. The van der Waals surface area contributed by atoms with E-state index in [0.29, 0.717) is 22.7 Å². The minimum absolute atomic E-state index is 0.130. The van der Waals surface area contributed by atoms with Gasteiger partial charge in [0.15, 0.2) is 0 Å². The third-order valence-electron chi connectivity index (χ3n) is 4.12. The number of para-hydroxylation sites is 1. The summed E-state index contributed by atoms with van der Waals surface area (Å²) in [6, 6.07) is 13.8. The van der Waals surface area contributed by atoms with Gasteiger partial charge in [-0.2, -0.15) is 5.10 Å². The number of hydrogen-bond donors (Lipinski definition) is 3. The molecule has 0 radical (unpaired) electrons. The van der Waals surface area contributed by atoms with Gasteiger partial charge in [-0.25, -0.2) is 4.39 Å². The van der Waals surface area contributed by atoms with Crippen LogP contribution in [0, 0.1) is 5.82 Å². The van der Waals surface area contributed by atoms with Crippen LogP contribution in [-0.2, 0) is 11.4 Å². The number of hydrogen-bond acceptors (Lipinski definition) is 4. The zero-order valence-electron chi connectivity index (χ0n) is 14.0. The number of fused-ring (bicyclic) bond motifs is 1. The molecule has 4 rings (SSSR count). The van der Waals surface area contributed by atoms with Gasteiger partial charge in [-0.05, 0) is 30.3 Å². The highest BCUT2D eigenvalue weighted by atomic mass is 19.1. The van der Waals surface area contributed by atoms with Crippen LogP contribution in [-0.4, -0.2) is 22.0 Å². The number of ether oxygens (including phenoxy) is 1. The maximum absolute atomic E-state index is 13.3. The minimum atomic E-state index is -0.895. The van der Waals surface area contributed by atoms with Gasteiger partial charge in [-0.3, -0.25) is 14.7 Å². The number of halogens is 1. The Kier molecular flexibility index (Phi) is 4.29. The molecule has 0 unspecified atom stereocenters. The minimum Gasteiger partial charge on any atom is -0.487 e. The van der Waals surface area contributed by atoms with Gasteiger partial charge in [-0.15, -0.1) is 0 Å². The number of aromatic nitrogens is 2. The Balaban J connectivity index is 1.42. The Morgan fingerprint density at radius 2 is 2.00 bits per heavy atom. The van der Waals surface area contributed by atoms with Crippen LogP contribution in [0.5, 0.6) is 5.75 Å². The molecule has 0 aliphatic carbocycles. The van der Waals surface area contributed by atoms with E-state index in [0.717, 1.165) is 0 Å². The predicted octanol–water partition coefficient (Wildman–Crippen LogP) is 2.55. The van der Waals surface area contributed by atoms with Gasteiger partial charge in [-0.1, -0.05) is 24.3 Å². The van der Waals surface area contributed by atoms with Crippen molar-refractivity contribution in [1.82, 2.24) is 15.5 Å². The summed E-state index contributed by atoms with van der Waals surface area (Å²) >= 11 is 0. The van der Waals surface area contributed by atoms with Crippen molar-refractivity contribution < 1.29 is 18.7 Å². The summed E-state index contributed by atoms with van der Waals surface area (Å²) in [6.45, 7) is 0.219. The van der Waals surface area contributed by atoms with E-state index in [4.69, 9.17) is 4.74 Å². The molecule has 8 heteroatoms. The van der Waals surface area contributed by atoms with Crippen LogP contribution in [0.4, 0.5) is 10.1 Å². The number of aromatic amines is 1. The van der Waals surface area contributed by atoms with E-state index in [1.807, 2.05) is 30.3 Å². The summed E-state index contributed by atoms with van der Waals surface area (Å²) in [5.41, 5.74) is 1.61. The number of nitrogens with zero attached hydrogens (tertiary/aromatic N) is 1. The van der Waals surface area contributed by atoms with Crippen LogP contribution in [0.25, 0.3) is 0 Å². The van der Waals surface area contributed by atoms with Gasteiger partial charge in [0.1, 0.15) is 29.9 Å². The molecule has 0 saturated carbocycles. The summed E-state index contributed by atoms with van der Waals surface area (Å²) in [5.74, 6) is -0.706. The monoisotopic (exact) mass is 366 g/mol. The van der Waals surface area contributed by atoms with Crippen LogP contribution in [0.2, 0.25) is 0 Å². The highest BCUT2D eigenvalue weighted by Crippen LogP contribution is 2.31. The highest BCUT2D eigenvalue weighted by Gasteiger charge is 2.32. The number of H-pyrrole nitrogens is 1. The first-order valence-electron chi connectivity index (χ1n) is 8.23. The molecule has 27 heavy (non-hydrogen) atoms. The zero-order valence-corrected chi connectivity index (χ0v) is 14.0. The van der Waals surface area contributed by atoms with Crippen LogP contribution in [0.3, 0.4) is 0 Å². The largest absolute Gasteiger partial charge is 0.487 e. The number of benzene rings is 2. The van der Waals surface area contributed by atoms with Gasteiger partial charge in [0.05, 0.1) is 5.69 Å². The molecule has 1 aliphatic rings. The molecule has 0 saturated heterocycles.